The van der Waals surface area contributed by atoms with Crippen LogP contribution in [0.1, 0.15) is 39.0 Å². The number of aromatic nitrogens is 2. The Hall–Kier alpha value is -1.85. The van der Waals surface area contributed by atoms with Gasteiger partial charge in [0.25, 0.3) is 0 Å². The zero-order valence-corrected chi connectivity index (χ0v) is 15.3. The summed E-state index contributed by atoms with van der Waals surface area (Å²) in [6, 6.07) is 2.10. The van der Waals surface area contributed by atoms with Crippen LogP contribution < -0.4 is 9.80 Å². The lowest BCUT2D eigenvalue weighted by molar-refractivity contribution is -0.152. The molecule has 0 bridgehead atoms. The van der Waals surface area contributed by atoms with Crippen LogP contribution in [-0.4, -0.2) is 49.2 Å². The monoisotopic (exact) mass is 344 g/mol. The topological polar surface area (TPSA) is 58.6 Å². The van der Waals surface area contributed by atoms with Crippen LogP contribution in [0.25, 0.3) is 0 Å². The standard InChI is InChI=1S/C19H28N4O2/c1-14-5-4-8-22(10-14)16-9-17(21-13-20-16)23-11-15-6-3-7-19(15,12-23)18(24)25-2/h9,13-15H,3-8,10-12H2,1-2H3. The number of methoxy groups -OCH3 is 1. The van der Waals surface area contributed by atoms with E-state index in [2.05, 4.69) is 32.8 Å². The van der Waals surface area contributed by atoms with E-state index in [0.29, 0.717) is 11.8 Å². The predicted molar refractivity (Wildman–Crippen MR) is 96.6 cm³/mol. The first-order chi connectivity index (χ1) is 12.1. The van der Waals surface area contributed by atoms with Crippen molar-refractivity contribution in [1.29, 1.82) is 0 Å². The maximum Gasteiger partial charge on any atom is 0.313 e. The Morgan fingerprint density at radius 3 is 2.76 bits per heavy atom. The zero-order chi connectivity index (χ0) is 17.4. The molecule has 136 valence electrons. The van der Waals surface area contributed by atoms with Crippen LogP contribution >= 0.6 is 0 Å². The second-order valence-electron chi connectivity index (χ2n) is 8.05. The van der Waals surface area contributed by atoms with Crippen molar-refractivity contribution in [3.05, 3.63) is 12.4 Å². The molecule has 6 nitrogen and oxygen atoms in total. The molecule has 1 saturated carbocycles. The molecule has 1 aromatic heterocycles. The Balaban J connectivity index is 1.55. The molecule has 0 N–H and O–H groups in total. The molecule has 2 aliphatic heterocycles. The summed E-state index contributed by atoms with van der Waals surface area (Å²) in [7, 11) is 1.51. The minimum absolute atomic E-state index is 0.0448. The minimum atomic E-state index is -0.334. The van der Waals surface area contributed by atoms with E-state index in [4.69, 9.17) is 4.74 Å². The molecule has 0 spiro atoms. The van der Waals surface area contributed by atoms with Crippen LogP contribution in [0.5, 0.6) is 0 Å². The van der Waals surface area contributed by atoms with Crippen LogP contribution in [0.3, 0.4) is 0 Å². The van der Waals surface area contributed by atoms with E-state index in [1.54, 1.807) is 6.33 Å². The maximum atomic E-state index is 12.5. The highest BCUT2D eigenvalue weighted by Gasteiger charge is 2.55. The van der Waals surface area contributed by atoms with Gasteiger partial charge in [0.15, 0.2) is 0 Å². The van der Waals surface area contributed by atoms with Crippen LogP contribution in [-0.2, 0) is 9.53 Å². The van der Waals surface area contributed by atoms with E-state index in [0.717, 1.165) is 57.1 Å². The summed E-state index contributed by atoms with van der Waals surface area (Å²) >= 11 is 0. The molecule has 6 heteroatoms. The summed E-state index contributed by atoms with van der Waals surface area (Å²) in [5, 5.41) is 0. The molecule has 25 heavy (non-hydrogen) atoms. The number of ether oxygens (including phenoxy) is 1. The van der Waals surface area contributed by atoms with E-state index in [1.807, 2.05) is 0 Å². The van der Waals surface area contributed by atoms with Gasteiger partial charge < -0.3 is 14.5 Å². The lowest BCUT2D eigenvalue weighted by atomic mass is 9.81. The van der Waals surface area contributed by atoms with Gasteiger partial charge in [0.05, 0.1) is 12.5 Å². The molecule has 3 heterocycles. The van der Waals surface area contributed by atoms with Gasteiger partial charge in [-0.05, 0) is 37.5 Å². The first-order valence-electron chi connectivity index (χ1n) is 9.53. The summed E-state index contributed by atoms with van der Waals surface area (Å²) in [6.07, 6.45) is 7.34. The first-order valence-corrected chi connectivity index (χ1v) is 9.53. The number of nitrogens with zero attached hydrogens (tertiary/aromatic N) is 4. The summed E-state index contributed by atoms with van der Waals surface area (Å²) in [4.78, 5) is 26.1. The first kappa shape index (κ1) is 16.6. The quantitative estimate of drug-likeness (QED) is 0.785. The van der Waals surface area contributed by atoms with E-state index >= 15 is 0 Å². The third-order valence-electron chi connectivity index (χ3n) is 6.41. The fourth-order valence-corrected chi connectivity index (χ4v) is 5.08. The molecule has 3 fully saturated rings. The summed E-state index contributed by atoms with van der Waals surface area (Å²) in [5.74, 6) is 3.01. The molecular formula is C19H28N4O2. The third-order valence-corrected chi connectivity index (χ3v) is 6.41. The van der Waals surface area contributed by atoms with Gasteiger partial charge in [-0.15, -0.1) is 0 Å². The number of piperidine rings is 1. The number of hydrogen-bond acceptors (Lipinski definition) is 6. The van der Waals surface area contributed by atoms with Crippen LogP contribution in [0.4, 0.5) is 11.6 Å². The van der Waals surface area contributed by atoms with Gasteiger partial charge in [0.2, 0.25) is 0 Å². The Bertz CT molecular complexity index is 652. The third kappa shape index (κ3) is 2.85. The highest BCUT2D eigenvalue weighted by molar-refractivity contribution is 5.79. The molecule has 0 aromatic carbocycles. The van der Waals surface area contributed by atoms with E-state index in [9.17, 15) is 4.79 Å². The van der Waals surface area contributed by atoms with Crippen LogP contribution in [0.2, 0.25) is 0 Å². The van der Waals surface area contributed by atoms with Crippen molar-refractivity contribution < 1.29 is 9.53 Å². The van der Waals surface area contributed by atoms with Gasteiger partial charge in [0.1, 0.15) is 18.0 Å². The van der Waals surface area contributed by atoms with E-state index in [1.165, 1.54) is 20.0 Å². The summed E-state index contributed by atoms with van der Waals surface area (Å²) < 4.78 is 5.15. The summed E-state index contributed by atoms with van der Waals surface area (Å²) in [6.45, 7) is 6.04. The molecule has 3 unspecified atom stereocenters. The van der Waals surface area contributed by atoms with Crippen molar-refractivity contribution in [2.75, 3.05) is 43.1 Å². The van der Waals surface area contributed by atoms with Crippen LogP contribution in [0, 0.1) is 17.3 Å². The number of anilines is 2. The average molecular weight is 344 g/mol. The largest absolute Gasteiger partial charge is 0.469 e. The Kier molecular flexibility index (Phi) is 4.29. The number of carbonyl (C=O) groups is 1. The molecule has 3 aliphatic rings. The molecule has 4 rings (SSSR count). The second kappa shape index (κ2) is 6.46. The van der Waals surface area contributed by atoms with Crippen molar-refractivity contribution in [2.24, 2.45) is 17.3 Å². The van der Waals surface area contributed by atoms with Crippen molar-refractivity contribution in [3.8, 4) is 0 Å². The van der Waals surface area contributed by atoms with Gasteiger partial charge in [-0.1, -0.05) is 13.3 Å². The van der Waals surface area contributed by atoms with Crippen molar-refractivity contribution in [2.45, 2.75) is 39.0 Å². The smallest absolute Gasteiger partial charge is 0.313 e. The second-order valence-corrected chi connectivity index (χ2v) is 8.05. The van der Waals surface area contributed by atoms with Gasteiger partial charge >= 0.3 is 5.97 Å². The minimum Gasteiger partial charge on any atom is -0.469 e. The number of carbonyl (C=O) groups excluding carboxylic acids is 1. The number of fused-ring (bicyclic) bond motifs is 1. The van der Waals surface area contributed by atoms with Crippen molar-refractivity contribution >= 4 is 17.6 Å². The SMILES string of the molecule is COC(=O)C12CCCC1CN(c1cc(N3CCCC(C)C3)ncn1)C2. The van der Waals surface area contributed by atoms with Gasteiger partial charge in [-0.25, -0.2) is 9.97 Å². The normalized spacial score (nSPS) is 31.9. The Morgan fingerprint density at radius 2 is 2.00 bits per heavy atom. The molecule has 1 aromatic rings. The zero-order valence-electron chi connectivity index (χ0n) is 15.3. The number of esters is 1. The predicted octanol–water partition coefficient (Wildman–Crippen LogP) is 2.49. The van der Waals surface area contributed by atoms with Crippen molar-refractivity contribution in [3.63, 3.8) is 0 Å². The number of hydrogen-bond donors (Lipinski definition) is 0. The van der Waals surface area contributed by atoms with E-state index < -0.39 is 0 Å². The van der Waals surface area contributed by atoms with Crippen LogP contribution in [0.15, 0.2) is 12.4 Å². The molecular weight excluding hydrogens is 316 g/mol. The van der Waals surface area contributed by atoms with Gasteiger partial charge in [0, 0.05) is 32.2 Å². The number of rotatable bonds is 3. The molecule has 0 radical (unpaired) electrons. The highest BCUT2D eigenvalue weighted by Crippen LogP contribution is 2.50. The molecule has 3 atom stereocenters. The van der Waals surface area contributed by atoms with Gasteiger partial charge in [-0.2, -0.15) is 0 Å². The lowest BCUT2D eigenvalue weighted by Gasteiger charge is -2.32. The molecule has 2 saturated heterocycles. The maximum absolute atomic E-state index is 12.5. The molecule has 0 amide bonds. The fraction of sp³-hybridized carbons (Fsp3) is 0.737. The van der Waals surface area contributed by atoms with Crippen molar-refractivity contribution in [1.82, 2.24) is 9.97 Å². The molecule has 1 aliphatic carbocycles. The Morgan fingerprint density at radius 1 is 1.20 bits per heavy atom. The fourth-order valence-electron chi connectivity index (χ4n) is 5.08. The summed E-state index contributed by atoms with van der Waals surface area (Å²) in [5.41, 5.74) is -0.334. The Labute approximate surface area is 149 Å². The van der Waals surface area contributed by atoms with Gasteiger partial charge in [-0.3, -0.25) is 4.79 Å². The lowest BCUT2D eigenvalue weighted by Crippen LogP contribution is -2.37. The van der Waals surface area contributed by atoms with E-state index in [-0.39, 0.29) is 11.4 Å². The average Bonchev–Trinajstić information content (AvgIpc) is 3.19. The highest BCUT2D eigenvalue weighted by atomic mass is 16.5.